The third-order valence-electron chi connectivity index (χ3n) is 4.92. The fourth-order valence-electron chi connectivity index (χ4n) is 3.54. The van der Waals surface area contributed by atoms with E-state index in [2.05, 4.69) is 29.2 Å². The molecule has 0 spiro atoms. The highest BCUT2D eigenvalue weighted by atomic mass is 35.5. The number of halogens is 2. The van der Waals surface area contributed by atoms with Gasteiger partial charge < -0.3 is 4.90 Å². The number of carbonyl (C=O) groups is 1. The minimum atomic E-state index is 0.130. The molecule has 1 heterocycles. The van der Waals surface area contributed by atoms with Crippen LogP contribution in [0.3, 0.4) is 0 Å². The van der Waals surface area contributed by atoms with Gasteiger partial charge in [0.2, 0.25) is 5.91 Å². The molecule has 3 nitrogen and oxygen atoms in total. The molecule has 3 rings (SSSR count). The van der Waals surface area contributed by atoms with Crippen molar-refractivity contribution in [1.82, 2.24) is 4.90 Å². The Kier molecular flexibility index (Phi) is 6.58. The van der Waals surface area contributed by atoms with E-state index in [1.54, 1.807) is 12.1 Å². The summed E-state index contributed by atoms with van der Waals surface area (Å²) in [6.45, 7) is 4.82. The number of likely N-dealkylation sites (tertiary alicyclic amines) is 1. The van der Waals surface area contributed by atoms with E-state index in [4.69, 9.17) is 23.2 Å². The van der Waals surface area contributed by atoms with Crippen molar-refractivity contribution in [3.8, 4) is 0 Å². The largest absolute Gasteiger partial charge is 0.309 e. The minimum Gasteiger partial charge on any atom is -0.309 e. The van der Waals surface area contributed by atoms with E-state index in [-0.39, 0.29) is 11.9 Å². The van der Waals surface area contributed by atoms with Gasteiger partial charge in [-0.3, -0.25) is 9.69 Å². The van der Waals surface area contributed by atoms with Crippen molar-refractivity contribution in [1.29, 1.82) is 0 Å². The predicted octanol–water partition coefficient (Wildman–Crippen LogP) is 5.40. The van der Waals surface area contributed by atoms with Crippen LogP contribution in [0.4, 0.5) is 5.69 Å². The molecule has 1 aliphatic heterocycles. The maximum absolute atomic E-state index is 12.6. The highest BCUT2D eigenvalue weighted by Crippen LogP contribution is 2.31. The van der Waals surface area contributed by atoms with Gasteiger partial charge in [0.05, 0.1) is 10.0 Å². The molecule has 26 heavy (non-hydrogen) atoms. The third kappa shape index (κ3) is 4.59. The molecule has 0 N–H and O–H groups in total. The maximum atomic E-state index is 12.6. The lowest BCUT2D eigenvalue weighted by Crippen LogP contribution is -2.47. The lowest BCUT2D eigenvalue weighted by Gasteiger charge is -2.38. The average molecular weight is 391 g/mol. The summed E-state index contributed by atoms with van der Waals surface area (Å²) >= 11 is 12.2. The highest BCUT2D eigenvalue weighted by Gasteiger charge is 2.28. The molecule has 0 saturated carbocycles. The standard InChI is InChI=1S/C21H24Cl2N2O/c1-2-21(26)25(18-8-9-19(22)20(23)14-18)17-10-12-24(13-11-17)15-16-6-4-3-5-7-16/h3-9,14,17H,2,10-13,15H2,1H3. The van der Waals surface area contributed by atoms with Crippen LogP contribution < -0.4 is 4.90 Å². The zero-order chi connectivity index (χ0) is 18.5. The second-order valence-corrected chi connectivity index (χ2v) is 7.52. The SMILES string of the molecule is CCC(=O)N(c1ccc(Cl)c(Cl)c1)C1CCN(Cc2ccccc2)CC1. The molecule has 0 atom stereocenters. The van der Waals surface area contributed by atoms with E-state index in [9.17, 15) is 4.79 Å². The quantitative estimate of drug-likeness (QED) is 0.681. The molecular weight excluding hydrogens is 367 g/mol. The maximum Gasteiger partial charge on any atom is 0.226 e. The molecule has 5 heteroatoms. The van der Waals surface area contributed by atoms with Crippen LogP contribution in [0.1, 0.15) is 31.7 Å². The Morgan fingerprint density at radius 1 is 1.08 bits per heavy atom. The lowest BCUT2D eigenvalue weighted by atomic mass is 10.0. The Balaban J connectivity index is 1.69. The number of piperidine rings is 1. The van der Waals surface area contributed by atoms with Crippen LogP contribution in [0.25, 0.3) is 0 Å². The molecule has 2 aromatic carbocycles. The third-order valence-corrected chi connectivity index (χ3v) is 5.66. The first-order chi connectivity index (χ1) is 12.6. The second-order valence-electron chi connectivity index (χ2n) is 6.71. The Hall–Kier alpha value is -1.55. The molecule has 0 aromatic heterocycles. The van der Waals surface area contributed by atoms with Crippen molar-refractivity contribution in [2.24, 2.45) is 0 Å². The van der Waals surface area contributed by atoms with E-state index in [1.165, 1.54) is 5.56 Å². The van der Waals surface area contributed by atoms with Crippen LogP contribution in [0, 0.1) is 0 Å². The second kappa shape index (κ2) is 8.90. The topological polar surface area (TPSA) is 23.6 Å². The van der Waals surface area contributed by atoms with Crippen LogP contribution in [-0.4, -0.2) is 29.9 Å². The zero-order valence-corrected chi connectivity index (χ0v) is 16.5. The number of benzene rings is 2. The zero-order valence-electron chi connectivity index (χ0n) is 15.0. The van der Waals surface area contributed by atoms with Gasteiger partial charge in [0.25, 0.3) is 0 Å². The van der Waals surface area contributed by atoms with E-state index in [0.29, 0.717) is 16.5 Å². The first-order valence-electron chi connectivity index (χ1n) is 9.12. The number of rotatable bonds is 5. The predicted molar refractivity (Wildman–Crippen MR) is 109 cm³/mol. The van der Waals surface area contributed by atoms with Crippen LogP contribution >= 0.6 is 23.2 Å². The smallest absolute Gasteiger partial charge is 0.226 e. The minimum absolute atomic E-state index is 0.130. The molecule has 1 amide bonds. The summed E-state index contributed by atoms with van der Waals surface area (Å²) in [5.74, 6) is 0.130. The molecule has 0 unspecified atom stereocenters. The lowest BCUT2D eigenvalue weighted by molar-refractivity contribution is -0.119. The summed E-state index contributed by atoms with van der Waals surface area (Å²) in [6.07, 6.45) is 2.39. The average Bonchev–Trinajstić information content (AvgIpc) is 2.67. The normalized spacial score (nSPS) is 15.8. The molecule has 138 valence electrons. The Morgan fingerprint density at radius 3 is 2.38 bits per heavy atom. The van der Waals surface area contributed by atoms with E-state index in [0.717, 1.165) is 38.2 Å². The van der Waals surface area contributed by atoms with Crippen molar-refractivity contribution >= 4 is 34.8 Å². The molecule has 0 bridgehead atoms. The van der Waals surface area contributed by atoms with Gasteiger partial charge in [-0.25, -0.2) is 0 Å². The number of nitrogens with zero attached hydrogens (tertiary/aromatic N) is 2. The Morgan fingerprint density at radius 2 is 1.77 bits per heavy atom. The molecule has 1 aliphatic rings. The van der Waals surface area contributed by atoms with Crippen LogP contribution in [0.2, 0.25) is 10.0 Å². The molecule has 1 saturated heterocycles. The number of hydrogen-bond acceptors (Lipinski definition) is 2. The number of anilines is 1. The van der Waals surface area contributed by atoms with Crippen molar-refractivity contribution in [3.05, 3.63) is 64.1 Å². The summed E-state index contributed by atoms with van der Waals surface area (Å²) in [5.41, 5.74) is 2.17. The van der Waals surface area contributed by atoms with Crippen molar-refractivity contribution in [3.63, 3.8) is 0 Å². The van der Waals surface area contributed by atoms with Crippen molar-refractivity contribution in [2.75, 3.05) is 18.0 Å². The molecule has 0 aliphatic carbocycles. The monoisotopic (exact) mass is 390 g/mol. The van der Waals surface area contributed by atoms with E-state index < -0.39 is 0 Å². The number of amides is 1. The fourth-order valence-corrected chi connectivity index (χ4v) is 3.83. The van der Waals surface area contributed by atoms with Crippen molar-refractivity contribution in [2.45, 2.75) is 38.8 Å². The summed E-state index contributed by atoms with van der Waals surface area (Å²) < 4.78 is 0. The summed E-state index contributed by atoms with van der Waals surface area (Å²) in [4.78, 5) is 17.0. The van der Waals surface area contributed by atoms with Crippen LogP contribution in [0.5, 0.6) is 0 Å². The molecule has 1 fully saturated rings. The van der Waals surface area contributed by atoms with Crippen LogP contribution in [-0.2, 0) is 11.3 Å². The van der Waals surface area contributed by atoms with Gasteiger partial charge in [-0.05, 0) is 36.6 Å². The van der Waals surface area contributed by atoms with Crippen LogP contribution in [0.15, 0.2) is 48.5 Å². The van der Waals surface area contributed by atoms with Gasteiger partial charge in [0, 0.05) is 37.8 Å². The summed E-state index contributed by atoms with van der Waals surface area (Å²) in [7, 11) is 0. The Labute approximate surface area is 165 Å². The van der Waals surface area contributed by atoms with Gasteiger partial charge in [-0.1, -0.05) is 60.5 Å². The first-order valence-corrected chi connectivity index (χ1v) is 9.87. The number of hydrogen-bond donors (Lipinski definition) is 0. The summed E-state index contributed by atoms with van der Waals surface area (Å²) in [6, 6.07) is 16.2. The first kappa shape index (κ1) is 19.2. The van der Waals surface area contributed by atoms with Gasteiger partial charge in [0.1, 0.15) is 0 Å². The van der Waals surface area contributed by atoms with E-state index in [1.807, 2.05) is 24.0 Å². The van der Waals surface area contributed by atoms with E-state index >= 15 is 0 Å². The van der Waals surface area contributed by atoms with Gasteiger partial charge in [-0.15, -0.1) is 0 Å². The Bertz CT molecular complexity index is 743. The summed E-state index contributed by atoms with van der Waals surface area (Å²) in [5, 5.41) is 0.997. The fraction of sp³-hybridized carbons (Fsp3) is 0.381. The molecule has 2 aromatic rings. The van der Waals surface area contributed by atoms with Gasteiger partial charge in [-0.2, -0.15) is 0 Å². The van der Waals surface area contributed by atoms with Gasteiger partial charge >= 0.3 is 0 Å². The molecule has 0 radical (unpaired) electrons. The molecular formula is C21H24Cl2N2O. The van der Waals surface area contributed by atoms with Crippen molar-refractivity contribution < 1.29 is 4.79 Å². The van der Waals surface area contributed by atoms with Gasteiger partial charge in [0.15, 0.2) is 0 Å². The number of carbonyl (C=O) groups excluding carboxylic acids is 1. The highest BCUT2D eigenvalue weighted by molar-refractivity contribution is 6.42.